The Balaban J connectivity index is 2.29. The minimum Gasteiger partial charge on any atom is -0.495 e. The highest BCUT2D eigenvalue weighted by molar-refractivity contribution is 7.89. The molecule has 0 amide bonds. The summed E-state index contributed by atoms with van der Waals surface area (Å²) in [6.07, 6.45) is 1.46. The molecule has 108 valence electrons. The molecule has 20 heavy (non-hydrogen) atoms. The monoisotopic (exact) mass is 295 g/mol. The summed E-state index contributed by atoms with van der Waals surface area (Å²) in [5.74, 6) is 0.573. The molecule has 1 saturated heterocycles. The average molecular weight is 295 g/mol. The van der Waals surface area contributed by atoms with E-state index < -0.39 is 10.0 Å². The van der Waals surface area contributed by atoms with E-state index in [0.29, 0.717) is 12.3 Å². The van der Waals surface area contributed by atoms with Crippen molar-refractivity contribution < 1.29 is 13.2 Å². The molecule has 1 unspecified atom stereocenters. The molecule has 0 bridgehead atoms. The normalized spacial score (nSPS) is 18.9. The fraction of sp³-hybridized carbons (Fsp3) is 0.462. The van der Waals surface area contributed by atoms with Gasteiger partial charge in [-0.2, -0.15) is 5.26 Å². The topological polar surface area (TPSA) is 96.4 Å². The van der Waals surface area contributed by atoms with Gasteiger partial charge in [0, 0.05) is 25.2 Å². The van der Waals surface area contributed by atoms with Gasteiger partial charge in [-0.05, 0) is 30.5 Å². The molecule has 2 rings (SSSR count). The maximum absolute atomic E-state index is 11.6. The zero-order valence-corrected chi connectivity index (χ0v) is 12.1. The van der Waals surface area contributed by atoms with E-state index in [4.69, 9.17) is 15.1 Å². The van der Waals surface area contributed by atoms with Gasteiger partial charge in [-0.1, -0.05) is 0 Å². The molecule has 1 aliphatic rings. The molecule has 0 aromatic heterocycles. The van der Waals surface area contributed by atoms with Crippen molar-refractivity contribution in [3.05, 3.63) is 18.2 Å². The molecule has 1 aromatic carbocycles. The van der Waals surface area contributed by atoms with E-state index in [1.165, 1.54) is 13.2 Å². The van der Waals surface area contributed by atoms with Crippen LogP contribution in [0.3, 0.4) is 0 Å². The zero-order valence-electron chi connectivity index (χ0n) is 11.2. The maximum atomic E-state index is 11.6. The summed E-state index contributed by atoms with van der Waals surface area (Å²) in [6.45, 7) is 1.56. The predicted molar refractivity (Wildman–Crippen MR) is 74.9 cm³/mol. The van der Waals surface area contributed by atoms with Crippen LogP contribution >= 0.6 is 0 Å². The van der Waals surface area contributed by atoms with Crippen molar-refractivity contribution in [3.8, 4) is 11.8 Å². The third-order valence-corrected chi connectivity index (χ3v) is 4.42. The lowest BCUT2D eigenvalue weighted by molar-refractivity contribution is 0.403. The third kappa shape index (κ3) is 3.03. The zero-order chi connectivity index (χ0) is 14.8. The summed E-state index contributed by atoms with van der Waals surface area (Å²) < 4.78 is 28.2. The molecular formula is C13H17N3O3S. The summed E-state index contributed by atoms with van der Waals surface area (Å²) >= 11 is 0. The number of benzene rings is 1. The van der Waals surface area contributed by atoms with E-state index in [1.807, 2.05) is 6.07 Å². The van der Waals surface area contributed by atoms with Crippen LogP contribution in [0.25, 0.3) is 0 Å². The van der Waals surface area contributed by atoms with Crippen molar-refractivity contribution >= 4 is 15.7 Å². The van der Waals surface area contributed by atoms with E-state index in [2.05, 4.69) is 11.0 Å². The van der Waals surface area contributed by atoms with Crippen molar-refractivity contribution in [1.82, 2.24) is 0 Å². The Hall–Kier alpha value is -1.78. The van der Waals surface area contributed by atoms with Crippen LogP contribution in [0.15, 0.2) is 23.1 Å². The van der Waals surface area contributed by atoms with Gasteiger partial charge in [0.05, 0.1) is 13.2 Å². The number of nitrogens with two attached hydrogens (primary N) is 1. The van der Waals surface area contributed by atoms with Gasteiger partial charge >= 0.3 is 0 Å². The van der Waals surface area contributed by atoms with Crippen molar-refractivity contribution in [2.45, 2.75) is 17.7 Å². The molecule has 1 atom stereocenters. The minimum absolute atomic E-state index is 0.0127. The summed E-state index contributed by atoms with van der Waals surface area (Å²) in [4.78, 5) is 2.05. The number of primary sulfonamides is 1. The fourth-order valence-corrected chi connectivity index (χ4v) is 3.16. The largest absolute Gasteiger partial charge is 0.495 e. The molecule has 6 nitrogen and oxygen atoms in total. The first-order chi connectivity index (χ1) is 9.45. The van der Waals surface area contributed by atoms with Crippen LogP contribution < -0.4 is 14.8 Å². The number of hydrogen-bond acceptors (Lipinski definition) is 5. The summed E-state index contributed by atoms with van der Waals surface area (Å²) in [7, 11) is -2.42. The highest BCUT2D eigenvalue weighted by Crippen LogP contribution is 2.31. The molecule has 0 saturated carbocycles. The molecule has 1 aromatic rings. The molecular weight excluding hydrogens is 278 g/mol. The number of sulfonamides is 1. The number of rotatable bonds is 4. The minimum atomic E-state index is -3.83. The Kier molecular flexibility index (Phi) is 4.16. The first-order valence-electron chi connectivity index (χ1n) is 6.28. The lowest BCUT2D eigenvalue weighted by Gasteiger charge is -2.20. The molecule has 1 fully saturated rings. The van der Waals surface area contributed by atoms with Gasteiger partial charge in [0.1, 0.15) is 10.6 Å². The Morgan fingerprint density at radius 1 is 1.55 bits per heavy atom. The lowest BCUT2D eigenvalue weighted by atomic mass is 10.1. The first kappa shape index (κ1) is 14.6. The fourth-order valence-electron chi connectivity index (χ4n) is 2.45. The molecule has 0 radical (unpaired) electrons. The van der Waals surface area contributed by atoms with E-state index >= 15 is 0 Å². The number of methoxy groups -OCH3 is 1. The molecule has 1 heterocycles. The number of anilines is 1. The highest BCUT2D eigenvalue weighted by Gasteiger charge is 2.24. The van der Waals surface area contributed by atoms with Crippen molar-refractivity contribution in [2.24, 2.45) is 11.1 Å². The van der Waals surface area contributed by atoms with Crippen LogP contribution in [-0.2, 0) is 10.0 Å². The van der Waals surface area contributed by atoms with Gasteiger partial charge in [-0.3, -0.25) is 0 Å². The smallest absolute Gasteiger partial charge is 0.241 e. The number of nitriles is 1. The van der Waals surface area contributed by atoms with E-state index in [-0.39, 0.29) is 10.6 Å². The second kappa shape index (κ2) is 5.69. The standard InChI is InChI=1S/C13H17N3O3S/c1-19-12-3-2-11(8-13(12)20(15,17)18)16-7-5-10(9-16)4-6-14/h2-3,8,10H,4-5,7,9H2,1H3,(H2,15,17,18). The highest BCUT2D eigenvalue weighted by atomic mass is 32.2. The molecule has 0 aliphatic carbocycles. The van der Waals surface area contributed by atoms with Crippen LogP contribution in [0.5, 0.6) is 5.75 Å². The summed E-state index contributed by atoms with van der Waals surface area (Å²) in [6, 6.07) is 7.12. The molecule has 1 aliphatic heterocycles. The van der Waals surface area contributed by atoms with Crippen LogP contribution in [0, 0.1) is 17.2 Å². The molecule has 7 heteroatoms. The van der Waals surface area contributed by atoms with Gasteiger partial charge in [0.15, 0.2) is 0 Å². The quantitative estimate of drug-likeness (QED) is 0.896. The van der Waals surface area contributed by atoms with E-state index in [1.54, 1.807) is 6.07 Å². The van der Waals surface area contributed by atoms with Crippen LogP contribution in [0.4, 0.5) is 5.69 Å². The van der Waals surface area contributed by atoms with Gasteiger partial charge in [0.2, 0.25) is 10.0 Å². The van der Waals surface area contributed by atoms with Crippen molar-refractivity contribution in [2.75, 3.05) is 25.1 Å². The second-order valence-electron chi connectivity index (χ2n) is 4.84. The van der Waals surface area contributed by atoms with Gasteiger partial charge in [0.25, 0.3) is 0 Å². The second-order valence-corrected chi connectivity index (χ2v) is 6.37. The molecule has 0 spiro atoms. The Labute approximate surface area is 118 Å². The van der Waals surface area contributed by atoms with Crippen molar-refractivity contribution in [1.29, 1.82) is 5.26 Å². The van der Waals surface area contributed by atoms with Crippen LogP contribution in [-0.4, -0.2) is 28.6 Å². The first-order valence-corrected chi connectivity index (χ1v) is 7.83. The lowest BCUT2D eigenvalue weighted by Crippen LogP contribution is -2.21. The third-order valence-electron chi connectivity index (χ3n) is 3.48. The number of ether oxygens (including phenoxy) is 1. The summed E-state index contributed by atoms with van der Waals surface area (Å²) in [5.41, 5.74) is 0.787. The van der Waals surface area contributed by atoms with E-state index in [9.17, 15) is 8.42 Å². The summed E-state index contributed by atoms with van der Waals surface area (Å²) in [5, 5.41) is 13.9. The average Bonchev–Trinajstić information content (AvgIpc) is 2.86. The van der Waals surface area contributed by atoms with Gasteiger partial charge in [-0.15, -0.1) is 0 Å². The predicted octanol–water partition coefficient (Wildman–Crippen LogP) is 1.08. The van der Waals surface area contributed by atoms with E-state index in [0.717, 1.165) is 25.2 Å². The SMILES string of the molecule is COc1ccc(N2CCC(CC#N)C2)cc1S(N)(=O)=O. The van der Waals surface area contributed by atoms with Gasteiger partial charge < -0.3 is 9.64 Å². The van der Waals surface area contributed by atoms with Crippen LogP contribution in [0.2, 0.25) is 0 Å². The Bertz CT molecular complexity index is 637. The Morgan fingerprint density at radius 3 is 2.90 bits per heavy atom. The number of hydrogen-bond donors (Lipinski definition) is 1. The van der Waals surface area contributed by atoms with Crippen LogP contribution in [0.1, 0.15) is 12.8 Å². The number of nitrogens with zero attached hydrogens (tertiary/aromatic N) is 2. The Morgan fingerprint density at radius 2 is 2.30 bits per heavy atom. The maximum Gasteiger partial charge on any atom is 0.241 e. The van der Waals surface area contributed by atoms with Gasteiger partial charge in [-0.25, -0.2) is 13.6 Å². The van der Waals surface area contributed by atoms with Crippen molar-refractivity contribution in [3.63, 3.8) is 0 Å². The molecule has 2 N–H and O–H groups in total.